The predicted molar refractivity (Wildman–Crippen MR) is 55.9 cm³/mol. The van der Waals surface area contributed by atoms with E-state index in [1.54, 1.807) is 6.92 Å². The lowest BCUT2D eigenvalue weighted by Crippen LogP contribution is -2.57. The highest BCUT2D eigenvalue weighted by Gasteiger charge is 2.34. The van der Waals surface area contributed by atoms with Crippen LogP contribution in [0, 0.1) is 5.92 Å². The number of piperidine rings is 3. The number of fused-ring (bicyclic) bond motifs is 3. The zero-order valence-corrected chi connectivity index (χ0v) is 8.75. The van der Waals surface area contributed by atoms with Crippen LogP contribution < -0.4 is 5.32 Å². The van der Waals surface area contributed by atoms with E-state index in [1.165, 1.54) is 25.9 Å². The number of hydrogen-bond donors (Lipinski definition) is 1. The van der Waals surface area contributed by atoms with E-state index in [0.29, 0.717) is 17.5 Å². The summed E-state index contributed by atoms with van der Waals surface area (Å²) in [6, 6.07) is 0.363. The second kappa shape index (κ2) is 3.73. The van der Waals surface area contributed by atoms with Gasteiger partial charge < -0.3 is 10.2 Å². The average Bonchev–Trinajstić information content (AvgIpc) is 2.19. The largest absolute Gasteiger partial charge is 0.348 e. The molecule has 0 aromatic rings. The third-order valence-electron chi connectivity index (χ3n) is 3.36. The fourth-order valence-corrected chi connectivity index (χ4v) is 2.42. The van der Waals surface area contributed by atoms with E-state index in [-0.39, 0.29) is 5.91 Å². The predicted octanol–water partition coefficient (Wildman–Crippen LogP) is 0.773. The van der Waals surface area contributed by atoms with Crippen molar-refractivity contribution in [2.75, 3.05) is 19.6 Å². The van der Waals surface area contributed by atoms with Crippen LogP contribution in [0.25, 0.3) is 0 Å². The molecule has 3 heteroatoms. The molecule has 1 N–H and O–H groups in total. The number of nitrogens with zero attached hydrogens (tertiary/aromatic N) is 1. The first kappa shape index (κ1) is 9.71. The number of amides is 1. The Morgan fingerprint density at radius 3 is 2.50 bits per heavy atom. The minimum absolute atomic E-state index is 0.0174. The molecule has 2 bridgehead atoms. The number of carbonyl (C=O) groups is 1. The van der Waals surface area contributed by atoms with Gasteiger partial charge in [0.1, 0.15) is 0 Å². The first-order valence-corrected chi connectivity index (χ1v) is 5.35. The lowest BCUT2D eigenvalue weighted by molar-refractivity contribution is -0.119. The average molecular weight is 194 g/mol. The summed E-state index contributed by atoms with van der Waals surface area (Å²) < 4.78 is 0. The molecule has 3 heterocycles. The van der Waals surface area contributed by atoms with Crippen molar-refractivity contribution in [2.45, 2.75) is 25.8 Å². The molecule has 3 nitrogen and oxygen atoms in total. The topological polar surface area (TPSA) is 32.3 Å². The molecule has 0 radical (unpaired) electrons. The summed E-state index contributed by atoms with van der Waals surface area (Å²) in [5.74, 6) is 0.715. The Hall–Kier alpha value is -0.830. The van der Waals surface area contributed by atoms with Gasteiger partial charge in [-0.25, -0.2) is 0 Å². The normalized spacial score (nSPS) is 35.4. The summed E-state index contributed by atoms with van der Waals surface area (Å²) in [4.78, 5) is 13.9. The molecular formula is C11H18N2O. The maximum absolute atomic E-state index is 11.5. The molecule has 3 fully saturated rings. The van der Waals surface area contributed by atoms with Crippen molar-refractivity contribution >= 4 is 5.91 Å². The Balaban J connectivity index is 1.93. The number of hydrogen-bond acceptors (Lipinski definition) is 2. The Morgan fingerprint density at radius 2 is 2.07 bits per heavy atom. The van der Waals surface area contributed by atoms with E-state index >= 15 is 0 Å². The molecule has 3 rings (SSSR count). The van der Waals surface area contributed by atoms with Crippen molar-refractivity contribution in [2.24, 2.45) is 5.92 Å². The molecule has 1 atom stereocenters. The van der Waals surface area contributed by atoms with Gasteiger partial charge in [0.05, 0.1) is 0 Å². The van der Waals surface area contributed by atoms with Gasteiger partial charge in [-0.05, 0) is 38.8 Å². The number of nitrogens with one attached hydrogen (secondary N) is 1. The minimum atomic E-state index is 0.0174. The van der Waals surface area contributed by atoms with Gasteiger partial charge in [-0.1, -0.05) is 6.58 Å². The van der Waals surface area contributed by atoms with Crippen LogP contribution in [-0.2, 0) is 4.79 Å². The molecule has 3 saturated heterocycles. The van der Waals surface area contributed by atoms with Crippen LogP contribution in [0.2, 0.25) is 0 Å². The van der Waals surface area contributed by atoms with Crippen molar-refractivity contribution in [3.05, 3.63) is 12.2 Å². The van der Waals surface area contributed by atoms with Crippen molar-refractivity contribution in [1.29, 1.82) is 0 Å². The molecule has 1 amide bonds. The van der Waals surface area contributed by atoms with Crippen LogP contribution in [0.4, 0.5) is 0 Å². The maximum atomic E-state index is 11.5. The fourth-order valence-electron chi connectivity index (χ4n) is 2.42. The summed E-state index contributed by atoms with van der Waals surface area (Å²) in [7, 11) is 0. The van der Waals surface area contributed by atoms with Crippen LogP contribution >= 0.6 is 0 Å². The molecule has 3 aliphatic rings. The van der Waals surface area contributed by atoms with Gasteiger partial charge in [0.15, 0.2) is 0 Å². The molecule has 0 aromatic heterocycles. The first-order chi connectivity index (χ1) is 6.66. The van der Waals surface area contributed by atoms with E-state index in [1.807, 2.05) is 0 Å². The third kappa shape index (κ3) is 1.82. The Morgan fingerprint density at radius 1 is 1.43 bits per heavy atom. The third-order valence-corrected chi connectivity index (χ3v) is 3.36. The van der Waals surface area contributed by atoms with Crippen LogP contribution in [0.3, 0.4) is 0 Å². The molecule has 0 aromatic carbocycles. The molecular weight excluding hydrogens is 176 g/mol. The summed E-state index contributed by atoms with van der Waals surface area (Å²) in [5.41, 5.74) is 0.612. The zero-order chi connectivity index (χ0) is 10.1. The van der Waals surface area contributed by atoms with Crippen LogP contribution in [-0.4, -0.2) is 36.5 Å². The second-order valence-corrected chi connectivity index (χ2v) is 4.50. The summed E-state index contributed by atoms with van der Waals surface area (Å²) >= 11 is 0. The van der Waals surface area contributed by atoms with Gasteiger partial charge >= 0.3 is 0 Å². The molecule has 78 valence electrons. The van der Waals surface area contributed by atoms with Gasteiger partial charge in [-0.3, -0.25) is 4.79 Å². The molecule has 1 unspecified atom stereocenters. The molecule has 0 saturated carbocycles. The Bertz CT molecular complexity index is 254. The van der Waals surface area contributed by atoms with Gasteiger partial charge in [0.25, 0.3) is 0 Å². The summed E-state index contributed by atoms with van der Waals surface area (Å²) in [6.45, 7) is 8.87. The highest BCUT2D eigenvalue weighted by molar-refractivity contribution is 5.92. The highest BCUT2D eigenvalue weighted by Crippen LogP contribution is 2.27. The van der Waals surface area contributed by atoms with Crippen LogP contribution in [0.1, 0.15) is 19.8 Å². The first-order valence-electron chi connectivity index (χ1n) is 5.35. The second-order valence-electron chi connectivity index (χ2n) is 4.50. The summed E-state index contributed by atoms with van der Waals surface area (Å²) in [6.07, 6.45) is 2.47. The molecule has 0 spiro atoms. The van der Waals surface area contributed by atoms with E-state index in [4.69, 9.17) is 0 Å². The standard InChI is InChI=1S/C11H18N2O/c1-8(2)11(14)12-10-7-13-5-3-9(10)4-6-13/h9-10H,1,3-7H2,2H3,(H,12,14). The van der Waals surface area contributed by atoms with E-state index < -0.39 is 0 Å². The molecule has 3 aliphatic heterocycles. The minimum Gasteiger partial charge on any atom is -0.348 e. The number of rotatable bonds is 2. The van der Waals surface area contributed by atoms with Crippen molar-refractivity contribution in [3.8, 4) is 0 Å². The van der Waals surface area contributed by atoms with Gasteiger partial charge in [-0.2, -0.15) is 0 Å². The van der Waals surface area contributed by atoms with Crippen LogP contribution in [0.5, 0.6) is 0 Å². The van der Waals surface area contributed by atoms with Crippen molar-refractivity contribution < 1.29 is 4.79 Å². The van der Waals surface area contributed by atoms with Crippen molar-refractivity contribution in [3.63, 3.8) is 0 Å². The SMILES string of the molecule is C=C(C)C(=O)NC1CN2CCC1CC2. The van der Waals surface area contributed by atoms with Crippen molar-refractivity contribution in [1.82, 2.24) is 10.2 Å². The monoisotopic (exact) mass is 194 g/mol. The lowest BCUT2D eigenvalue weighted by atomic mass is 9.84. The maximum Gasteiger partial charge on any atom is 0.246 e. The van der Waals surface area contributed by atoms with E-state index in [0.717, 1.165) is 6.54 Å². The fraction of sp³-hybridized carbons (Fsp3) is 0.727. The Labute approximate surface area is 85.2 Å². The smallest absolute Gasteiger partial charge is 0.246 e. The Kier molecular flexibility index (Phi) is 2.59. The lowest BCUT2D eigenvalue weighted by Gasteiger charge is -2.44. The summed E-state index contributed by atoms with van der Waals surface area (Å²) in [5, 5.41) is 3.07. The molecule has 14 heavy (non-hydrogen) atoms. The van der Waals surface area contributed by atoms with Gasteiger partial charge in [0.2, 0.25) is 5.91 Å². The van der Waals surface area contributed by atoms with E-state index in [9.17, 15) is 4.79 Å². The van der Waals surface area contributed by atoms with Crippen LogP contribution in [0.15, 0.2) is 12.2 Å². The van der Waals surface area contributed by atoms with Gasteiger partial charge in [-0.15, -0.1) is 0 Å². The van der Waals surface area contributed by atoms with E-state index in [2.05, 4.69) is 16.8 Å². The van der Waals surface area contributed by atoms with Gasteiger partial charge in [0, 0.05) is 18.2 Å². The molecule has 0 aliphatic carbocycles. The zero-order valence-electron chi connectivity index (χ0n) is 8.75. The quantitative estimate of drug-likeness (QED) is 0.659. The number of carbonyl (C=O) groups excluding carboxylic acids is 1. The highest BCUT2D eigenvalue weighted by atomic mass is 16.1.